The van der Waals surface area contributed by atoms with Crippen molar-refractivity contribution in [1.82, 2.24) is 0 Å². The Labute approximate surface area is 219 Å². The summed E-state index contributed by atoms with van der Waals surface area (Å²) in [6.07, 6.45) is 4.18. The van der Waals surface area contributed by atoms with Crippen molar-refractivity contribution in [2.45, 2.75) is 25.7 Å². The minimum Gasteiger partial charge on any atom is -0.494 e. The first kappa shape index (κ1) is 25.1. The van der Waals surface area contributed by atoms with Gasteiger partial charge in [-0.2, -0.15) is 5.11 Å². The van der Waals surface area contributed by atoms with Gasteiger partial charge in [0.15, 0.2) is 5.75 Å². The smallest absolute Gasteiger partial charge is 0.269 e. The molecule has 2 aliphatic heterocycles. The van der Waals surface area contributed by atoms with Crippen molar-refractivity contribution in [3.8, 4) is 17.2 Å². The van der Waals surface area contributed by atoms with Gasteiger partial charge < -0.3 is 19.1 Å². The van der Waals surface area contributed by atoms with Crippen LogP contribution in [0.1, 0.15) is 24.0 Å². The van der Waals surface area contributed by atoms with Gasteiger partial charge in [0.05, 0.1) is 31.9 Å². The van der Waals surface area contributed by atoms with Gasteiger partial charge in [0.1, 0.15) is 28.6 Å². The lowest BCUT2D eigenvalue weighted by Crippen LogP contribution is -2.34. The van der Waals surface area contributed by atoms with Crippen molar-refractivity contribution in [1.29, 1.82) is 0 Å². The molecule has 5 rings (SSSR count). The van der Waals surface area contributed by atoms with Crippen molar-refractivity contribution >= 4 is 34.1 Å². The summed E-state index contributed by atoms with van der Waals surface area (Å²) < 4.78 is 16.9. The van der Waals surface area contributed by atoms with E-state index < -0.39 is 4.92 Å². The lowest BCUT2D eigenvalue weighted by atomic mass is 9.90. The molecule has 0 radical (unpaired) electrons. The average Bonchev–Trinajstić information content (AvgIpc) is 2.95. The van der Waals surface area contributed by atoms with E-state index in [-0.39, 0.29) is 5.69 Å². The molecule has 2 aliphatic rings. The predicted molar refractivity (Wildman–Crippen MR) is 143 cm³/mol. The number of nitro groups is 1. The number of ether oxygens (including phenoxy) is 3. The molecule has 2 heterocycles. The quantitative estimate of drug-likeness (QED) is 0.178. The number of nitrogens with zero attached hydrogens (tertiary/aromatic N) is 6. The molecule has 11 heteroatoms. The summed E-state index contributed by atoms with van der Waals surface area (Å²) >= 11 is 0. The Hall–Kier alpha value is -4.54. The number of aryl methyl sites for hydroxylation is 1. The molecule has 0 N–H and O–H groups in total. The van der Waals surface area contributed by atoms with Crippen molar-refractivity contribution in [2.75, 3.05) is 39.3 Å². The second-order valence-electron chi connectivity index (χ2n) is 8.98. The zero-order chi connectivity index (χ0) is 26.6. The summed E-state index contributed by atoms with van der Waals surface area (Å²) in [4.78, 5) is 12.9. The molecule has 0 aliphatic carbocycles. The monoisotopic (exact) mass is 516 g/mol. The van der Waals surface area contributed by atoms with Crippen LogP contribution in [0.25, 0.3) is 0 Å². The van der Waals surface area contributed by atoms with Crippen LogP contribution in [0.5, 0.6) is 17.2 Å². The number of anilines is 1. The van der Waals surface area contributed by atoms with E-state index in [9.17, 15) is 10.1 Å². The molecule has 11 nitrogen and oxygen atoms in total. The van der Waals surface area contributed by atoms with E-state index in [1.54, 1.807) is 19.2 Å². The Balaban J connectivity index is 1.47. The SMILES string of the molecule is COc1cc(/N=N/c2cc3c4c(c2OC)CCCN4CCC3)c(OC)cc1/N=N/c1ccc([N+](=O)[O-])cc1. The molecule has 3 aromatic carbocycles. The van der Waals surface area contributed by atoms with Crippen molar-refractivity contribution < 1.29 is 19.1 Å². The van der Waals surface area contributed by atoms with E-state index in [4.69, 9.17) is 14.2 Å². The van der Waals surface area contributed by atoms with Crippen LogP contribution < -0.4 is 19.1 Å². The number of rotatable bonds is 8. The molecule has 0 unspecified atom stereocenters. The molecule has 0 bridgehead atoms. The van der Waals surface area contributed by atoms with Gasteiger partial charge in [0.2, 0.25) is 0 Å². The summed E-state index contributed by atoms with van der Waals surface area (Å²) in [5, 5.41) is 28.4. The third-order valence-corrected chi connectivity index (χ3v) is 6.74. The molecular weight excluding hydrogens is 488 g/mol. The fraction of sp³-hybridized carbons (Fsp3) is 0.333. The summed E-state index contributed by atoms with van der Waals surface area (Å²) in [5.41, 5.74) is 5.81. The van der Waals surface area contributed by atoms with Gasteiger partial charge in [-0.1, -0.05) is 0 Å². The summed E-state index contributed by atoms with van der Waals surface area (Å²) in [6.45, 7) is 2.16. The maximum absolute atomic E-state index is 10.9. The first-order valence-electron chi connectivity index (χ1n) is 12.3. The van der Waals surface area contributed by atoms with Crippen LogP contribution in [-0.4, -0.2) is 39.3 Å². The Morgan fingerprint density at radius 2 is 1.39 bits per heavy atom. The van der Waals surface area contributed by atoms with Crippen LogP contribution >= 0.6 is 0 Å². The van der Waals surface area contributed by atoms with Gasteiger partial charge in [-0.15, -0.1) is 15.3 Å². The van der Waals surface area contributed by atoms with Gasteiger partial charge in [0, 0.05) is 48.6 Å². The fourth-order valence-corrected chi connectivity index (χ4v) is 5.00. The molecule has 0 amide bonds. The van der Waals surface area contributed by atoms with Crippen molar-refractivity contribution in [3.63, 3.8) is 0 Å². The molecule has 0 atom stereocenters. The fourth-order valence-electron chi connectivity index (χ4n) is 5.00. The maximum atomic E-state index is 10.9. The number of nitro benzene ring substituents is 1. The largest absolute Gasteiger partial charge is 0.494 e. The predicted octanol–water partition coefficient (Wildman–Crippen LogP) is 7.15. The minimum atomic E-state index is -0.466. The molecule has 0 fully saturated rings. The Morgan fingerprint density at radius 1 is 0.789 bits per heavy atom. The zero-order valence-corrected chi connectivity index (χ0v) is 21.5. The van der Waals surface area contributed by atoms with Crippen LogP contribution in [0, 0.1) is 10.1 Å². The normalized spacial score (nSPS) is 14.6. The maximum Gasteiger partial charge on any atom is 0.269 e. The standard InChI is InChI=1S/C27H28N6O5/c1-36-24-16-22(25(37-2)15-21(24)29-28-18-8-10-19(11-9-18)33(34)35)30-31-23-14-17-6-4-12-32-13-5-7-20(26(17)32)27(23)38-3/h8-11,14-16H,4-7,12-13H2,1-3H3/b29-28+,31-30+. The first-order valence-corrected chi connectivity index (χ1v) is 12.3. The van der Waals surface area contributed by atoms with Crippen molar-refractivity contribution in [2.24, 2.45) is 20.5 Å². The van der Waals surface area contributed by atoms with Crippen LogP contribution in [0.3, 0.4) is 0 Å². The molecule has 0 spiro atoms. The number of methoxy groups -OCH3 is 3. The van der Waals surface area contributed by atoms with Crippen LogP contribution in [0.4, 0.5) is 34.1 Å². The third-order valence-electron chi connectivity index (χ3n) is 6.74. The molecule has 0 saturated heterocycles. The summed E-state index contributed by atoms with van der Waals surface area (Å²) in [5.74, 6) is 1.63. The second-order valence-corrected chi connectivity index (χ2v) is 8.98. The molecule has 3 aromatic rings. The summed E-state index contributed by atoms with van der Waals surface area (Å²) in [7, 11) is 4.74. The minimum absolute atomic E-state index is 0.0184. The van der Waals surface area contributed by atoms with E-state index in [1.807, 2.05) is 0 Å². The molecular formula is C27H28N6O5. The number of non-ortho nitro benzene ring substituents is 1. The number of hydrogen-bond acceptors (Lipinski definition) is 10. The van der Waals surface area contributed by atoms with E-state index >= 15 is 0 Å². The first-order chi connectivity index (χ1) is 18.5. The number of hydrogen-bond donors (Lipinski definition) is 0. The Morgan fingerprint density at radius 3 is 2.00 bits per heavy atom. The van der Waals surface area contributed by atoms with Gasteiger partial charge in [-0.25, -0.2) is 0 Å². The van der Waals surface area contributed by atoms with Gasteiger partial charge in [-0.05, 0) is 49.4 Å². The number of benzene rings is 3. The highest BCUT2D eigenvalue weighted by atomic mass is 16.6. The molecule has 38 heavy (non-hydrogen) atoms. The van der Waals surface area contributed by atoms with Gasteiger partial charge in [0.25, 0.3) is 5.69 Å². The third kappa shape index (κ3) is 4.86. The van der Waals surface area contributed by atoms with Gasteiger partial charge in [-0.3, -0.25) is 10.1 Å². The highest BCUT2D eigenvalue weighted by Gasteiger charge is 2.28. The topological polar surface area (TPSA) is 124 Å². The van der Waals surface area contributed by atoms with Crippen LogP contribution in [-0.2, 0) is 12.8 Å². The Bertz CT molecular complexity index is 1420. The lowest BCUT2D eigenvalue weighted by molar-refractivity contribution is -0.384. The number of azo groups is 2. The molecule has 0 saturated carbocycles. The van der Waals surface area contributed by atoms with Crippen molar-refractivity contribution in [3.05, 3.63) is 63.7 Å². The highest BCUT2D eigenvalue weighted by Crippen LogP contribution is 2.47. The van der Waals surface area contributed by atoms with Gasteiger partial charge >= 0.3 is 0 Å². The lowest BCUT2D eigenvalue weighted by Gasteiger charge is -2.37. The highest BCUT2D eigenvalue weighted by molar-refractivity contribution is 5.74. The molecule has 196 valence electrons. The van der Waals surface area contributed by atoms with E-state index in [1.165, 1.54) is 55.3 Å². The summed E-state index contributed by atoms with van der Waals surface area (Å²) in [6, 6.07) is 11.2. The Kier molecular flexibility index (Phi) is 7.16. The van der Waals surface area contributed by atoms with E-state index in [0.29, 0.717) is 34.2 Å². The zero-order valence-electron chi connectivity index (χ0n) is 21.5. The van der Waals surface area contributed by atoms with Crippen LogP contribution in [0.2, 0.25) is 0 Å². The molecule has 0 aromatic heterocycles. The van der Waals surface area contributed by atoms with E-state index in [0.717, 1.165) is 44.5 Å². The average molecular weight is 517 g/mol. The van der Waals surface area contributed by atoms with Crippen LogP contribution in [0.15, 0.2) is 62.9 Å². The second kappa shape index (κ2) is 10.8. The van der Waals surface area contributed by atoms with E-state index in [2.05, 4.69) is 31.4 Å².